The predicted molar refractivity (Wildman–Crippen MR) is 94.8 cm³/mol. The lowest BCUT2D eigenvalue weighted by Gasteiger charge is -2.08. The number of phenolic OH excluding ortho intramolecular Hbond substituents is 1. The zero-order valence-electron chi connectivity index (χ0n) is 13.3. The van der Waals surface area contributed by atoms with E-state index >= 15 is 0 Å². The number of aromatic hydroxyl groups is 1. The van der Waals surface area contributed by atoms with Gasteiger partial charge >= 0.3 is 5.97 Å². The number of hydrogen-bond acceptors (Lipinski definition) is 3. The maximum Gasteiger partial charge on any atom is 0.303 e. The number of para-hydroxylation sites is 1. The minimum Gasteiger partial charge on any atom is -0.508 e. The number of rotatable bonds is 5. The molecule has 0 radical (unpaired) electrons. The average Bonchev–Trinajstić information content (AvgIpc) is 2.75. The third kappa shape index (κ3) is 3.71. The maximum atomic E-state index is 10.8. The molecule has 1 heterocycles. The molecule has 0 aromatic heterocycles. The topological polar surface area (TPSA) is 69.9 Å². The van der Waals surface area contributed by atoms with Gasteiger partial charge in [0.2, 0.25) is 0 Å². The van der Waals surface area contributed by atoms with E-state index in [4.69, 9.17) is 10.1 Å². The van der Waals surface area contributed by atoms with Gasteiger partial charge in [-0.05, 0) is 42.2 Å². The third-order valence-corrected chi connectivity index (χ3v) is 4.06. The molecule has 0 amide bonds. The van der Waals surface area contributed by atoms with Gasteiger partial charge in [0, 0.05) is 18.4 Å². The quantitative estimate of drug-likeness (QED) is 0.848. The Morgan fingerprint density at radius 3 is 2.75 bits per heavy atom. The summed E-state index contributed by atoms with van der Waals surface area (Å²) >= 11 is 0. The Hall–Kier alpha value is -2.88. The molecule has 0 aliphatic carbocycles. The second kappa shape index (κ2) is 7.13. The molecule has 0 unspecified atom stereocenters. The fraction of sp³-hybridized carbons (Fsp3) is 0.200. The maximum absolute atomic E-state index is 10.8. The van der Waals surface area contributed by atoms with E-state index in [0.29, 0.717) is 19.3 Å². The molecule has 2 N–H and O–H groups in total. The van der Waals surface area contributed by atoms with Gasteiger partial charge in [-0.1, -0.05) is 36.4 Å². The van der Waals surface area contributed by atoms with Crippen LogP contribution in [0.15, 0.2) is 59.6 Å². The van der Waals surface area contributed by atoms with Gasteiger partial charge in [0.25, 0.3) is 0 Å². The van der Waals surface area contributed by atoms with Gasteiger partial charge in [-0.2, -0.15) is 0 Å². The number of carbonyl (C=O) groups is 1. The van der Waals surface area contributed by atoms with Crippen molar-refractivity contribution in [3.63, 3.8) is 0 Å². The summed E-state index contributed by atoms with van der Waals surface area (Å²) in [6.45, 7) is 0. The van der Waals surface area contributed by atoms with Crippen molar-refractivity contribution in [3.05, 3.63) is 65.7 Å². The minimum absolute atomic E-state index is 0.166. The Labute approximate surface area is 140 Å². The monoisotopic (exact) mass is 321 g/mol. The lowest BCUT2D eigenvalue weighted by atomic mass is 9.97. The molecule has 24 heavy (non-hydrogen) atoms. The summed E-state index contributed by atoms with van der Waals surface area (Å²) in [5, 5.41) is 18.5. The zero-order chi connectivity index (χ0) is 16.9. The molecule has 2 aromatic carbocycles. The van der Waals surface area contributed by atoms with Crippen molar-refractivity contribution in [2.45, 2.75) is 25.7 Å². The van der Waals surface area contributed by atoms with E-state index in [1.54, 1.807) is 12.1 Å². The summed E-state index contributed by atoms with van der Waals surface area (Å²) in [6.07, 6.45) is 4.26. The van der Waals surface area contributed by atoms with Crippen molar-refractivity contribution in [2.75, 3.05) is 0 Å². The van der Waals surface area contributed by atoms with E-state index in [2.05, 4.69) is 6.08 Å². The number of aliphatic carboxylic acids is 1. The van der Waals surface area contributed by atoms with Gasteiger partial charge in [-0.15, -0.1) is 0 Å². The molecule has 0 saturated heterocycles. The van der Waals surface area contributed by atoms with Crippen molar-refractivity contribution in [1.29, 1.82) is 0 Å². The van der Waals surface area contributed by atoms with Crippen LogP contribution in [0, 0.1) is 0 Å². The van der Waals surface area contributed by atoms with E-state index in [-0.39, 0.29) is 12.2 Å². The highest BCUT2D eigenvalue weighted by atomic mass is 16.4. The van der Waals surface area contributed by atoms with Crippen LogP contribution in [0.1, 0.15) is 36.8 Å². The Bertz CT molecular complexity index is 821. The van der Waals surface area contributed by atoms with Crippen LogP contribution >= 0.6 is 0 Å². The van der Waals surface area contributed by atoms with E-state index in [0.717, 1.165) is 28.1 Å². The number of hydrogen-bond donors (Lipinski definition) is 2. The highest BCUT2D eigenvalue weighted by molar-refractivity contribution is 6.05. The largest absolute Gasteiger partial charge is 0.508 e. The van der Waals surface area contributed by atoms with Crippen molar-refractivity contribution in [3.8, 4) is 5.75 Å². The van der Waals surface area contributed by atoms with E-state index in [1.807, 2.05) is 36.4 Å². The second-order valence-corrected chi connectivity index (χ2v) is 5.81. The molecule has 3 rings (SSSR count). The summed E-state index contributed by atoms with van der Waals surface area (Å²) in [7, 11) is 0. The van der Waals surface area contributed by atoms with Crippen LogP contribution < -0.4 is 0 Å². The molecule has 2 aromatic rings. The molecule has 0 fully saturated rings. The number of fused-ring (bicyclic) bond motifs is 1. The van der Waals surface area contributed by atoms with Crippen LogP contribution in [-0.2, 0) is 4.79 Å². The van der Waals surface area contributed by atoms with Gasteiger partial charge in [-0.3, -0.25) is 9.79 Å². The number of carboxylic acid groups (broad SMARTS) is 1. The third-order valence-electron chi connectivity index (χ3n) is 4.06. The van der Waals surface area contributed by atoms with Crippen LogP contribution in [0.3, 0.4) is 0 Å². The first-order valence-corrected chi connectivity index (χ1v) is 8.00. The van der Waals surface area contributed by atoms with Gasteiger partial charge < -0.3 is 10.2 Å². The standard InChI is InChI=1S/C20H19NO3/c22-16-7-3-6-15(13-16)18-12-11-14(5-4-10-20(23)24)17-8-1-2-9-19(17)21-18/h1-3,6-9,11,13,22H,4-5,10,12H2,(H,23,24). The number of nitrogens with zero attached hydrogens (tertiary/aromatic N) is 1. The average molecular weight is 321 g/mol. The summed E-state index contributed by atoms with van der Waals surface area (Å²) in [5.74, 6) is -0.549. The minimum atomic E-state index is -0.769. The summed E-state index contributed by atoms with van der Waals surface area (Å²) < 4.78 is 0. The van der Waals surface area contributed by atoms with Gasteiger partial charge in [0.1, 0.15) is 5.75 Å². The summed E-state index contributed by atoms with van der Waals surface area (Å²) in [4.78, 5) is 15.5. The van der Waals surface area contributed by atoms with Crippen molar-refractivity contribution >= 4 is 22.9 Å². The SMILES string of the molecule is O=C(O)CCCC1=CCC(c2cccc(O)c2)=Nc2ccccc21. The molecule has 0 bridgehead atoms. The number of phenols is 1. The lowest BCUT2D eigenvalue weighted by Crippen LogP contribution is -1.98. The lowest BCUT2D eigenvalue weighted by molar-refractivity contribution is -0.137. The summed E-state index contributed by atoms with van der Waals surface area (Å²) in [6, 6.07) is 15.0. The predicted octanol–water partition coefficient (Wildman–Crippen LogP) is 4.56. The van der Waals surface area contributed by atoms with Gasteiger partial charge in [0.15, 0.2) is 0 Å². The first-order valence-electron chi connectivity index (χ1n) is 8.00. The van der Waals surface area contributed by atoms with Gasteiger partial charge in [-0.25, -0.2) is 0 Å². The summed E-state index contributed by atoms with van der Waals surface area (Å²) in [5.41, 5.74) is 4.86. The molecule has 1 aliphatic rings. The highest BCUT2D eigenvalue weighted by Crippen LogP contribution is 2.33. The van der Waals surface area contributed by atoms with Crippen LogP contribution in [0.25, 0.3) is 5.57 Å². The number of benzene rings is 2. The molecular formula is C20H19NO3. The number of aliphatic imine (C=N–C) groups is 1. The molecule has 0 atom stereocenters. The molecule has 4 heteroatoms. The first-order chi connectivity index (χ1) is 11.6. The number of carboxylic acids is 1. The van der Waals surface area contributed by atoms with Crippen LogP contribution in [-0.4, -0.2) is 21.9 Å². The fourth-order valence-corrected chi connectivity index (χ4v) is 2.90. The molecule has 1 aliphatic heterocycles. The Morgan fingerprint density at radius 2 is 1.96 bits per heavy atom. The second-order valence-electron chi connectivity index (χ2n) is 5.81. The number of allylic oxidation sites excluding steroid dienone is 2. The Kier molecular flexibility index (Phi) is 4.75. The Morgan fingerprint density at radius 1 is 1.12 bits per heavy atom. The molecule has 4 nitrogen and oxygen atoms in total. The zero-order valence-corrected chi connectivity index (χ0v) is 13.3. The first kappa shape index (κ1) is 16.0. The fourth-order valence-electron chi connectivity index (χ4n) is 2.90. The van der Waals surface area contributed by atoms with Crippen molar-refractivity contribution in [1.82, 2.24) is 0 Å². The van der Waals surface area contributed by atoms with E-state index in [9.17, 15) is 9.90 Å². The van der Waals surface area contributed by atoms with Crippen LogP contribution in [0.5, 0.6) is 5.75 Å². The smallest absolute Gasteiger partial charge is 0.303 e. The van der Waals surface area contributed by atoms with E-state index in [1.165, 1.54) is 0 Å². The van der Waals surface area contributed by atoms with Crippen molar-refractivity contribution < 1.29 is 15.0 Å². The van der Waals surface area contributed by atoms with Gasteiger partial charge in [0.05, 0.1) is 11.4 Å². The molecule has 0 spiro atoms. The normalized spacial score (nSPS) is 13.5. The van der Waals surface area contributed by atoms with E-state index < -0.39 is 5.97 Å². The van der Waals surface area contributed by atoms with Crippen LogP contribution in [0.2, 0.25) is 0 Å². The van der Waals surface area contributed by atoms with Crippen molar-refractivity contribution in [2.24, 2.45) is 4.99 Å². The molecule has 122 valence electrons. The molecule has 0 saturated carbocycles. The van der Waals surface area contributed by atoms with Crippen LogP contribution in [0.4, 0.5) is 5.69 Å². The highest BCUT2D eigenvalue weighted by Gasteiger charge is 2.14. The molecular weight excluding hydrogens is 302 g/mol. The Balaban J connectivity index is 1.93.